The molecule has 0 spiro atoms. The third kappa shape index (κ3) is 3.15. The van der Waals surface area contributed by atoms with E-state index in [4.69, 9.17) is 0 Å². The highest BCUT2D eigenvalue weighted by Gasteiger charge is 2.26. The summed E-state index contributed by atoms with van der Waals surface area (Å²) in [7, 11) is 0. The molecule has 1 aromatic rings. The summed E-state index contributed by atoms with van der Waals surface area (Å²) in [5.74, 6) is 0.106. The van der Waals surface area contributed by atoms with E-state index >= 15 is 0 Å². The quantitative estimate of drug-likeness (QED) is 0.906. The van der Waals surface area contributed by atoms with Crippen molar-refractivity contribution in [2.75, 3.05) is 19.6 Å². The number of rotatable bonds is 4. The predicted molar refractivity (Wildman–Crippen MR) is 78.7 cm³/mol. The van der Waals surface area contributed by atoms with Gasteiger partial charge in [0.25, 0.3) is 5.91 Å². The van der Waals surface area contributed by atoms with Gasteiger partial charge < -0.3 is 10.2 Å². The summed E-state index contributed by atoms with van der Waals surface area (Å²) in [4.78, 5) is 14.8. The first-order valence-corrected chi connectivity index (χ1v) is 7.52. The molecule has 0 unspecified atom stereocenters. The predicted octanol–water partition coefficient (Wildman–Crippen LogP) is 1.56. The van der Waals surface area contributed by atoms with Gasteiger partial charge in [-0.2, -0.15) is 10.2 Å². The largest absolute Gasteiger partial charge is 0.336 e. The zero-order valence-electron chi connectivity index (χ0n) is 12.6. The molecule has 1 saturated heterocycles. The molecule has 0 radical (unpaired) electrons. The zero-order chi connectivity index (χ0) is 14.5. The average Bonchev–Trinajstić information content (AvgIpc) is 2.49. The monoisotopic (exact) mass is 276 g/mol. The van der Waals surface area contributed by atoms with Gasteiger partial charge in [0.1, 0.15) is 0 Å². The molecule has 1 fully saturated rings. The van der Waals surface area contributed by atoms with Gasteiger partial charge in [0.15, 0.2) is 0 Å². The summed E-state index contributed by atoms with van der Waals surface area (Å²) in [6, 6.07) is 2.21. The smallest absolute Gasteiger partial charge is 0.256 e. The standard InChI is InChI=1S/C15H24N4O/c1-4-14-13(10-11(3)17-18-14)15(20)19(5-2)12-6-8-16-9-7-12/h10,12,16H,4-9H2,1-3H3. The Morgan fingerprint density at radius 2 is 2.05 bits per heavy atom. The molecule has 0 atom stereocenters. The van der Waals surface area contributed by atoms with E-state index in [1.54, 1.807) is 0 Å². The number of hydrogen-bond donors (Lipinski definition) is 1. The molecule has 1 amide bonds. The summed E-state index contributed by atoms with van der Waals surface area (Å²) in [5.41, 5.74) is 2.32. The number of nitrogens with one attached hydrogen (secondary N) is 1. The van der Waals surface area contributed by atoms with Crippen molar-refractivity contribution in [3.05, 3.63) is 23.0 Å². The molecule has 5 heteroatoms. The highest BCUT2D eigenvalue weighted by molar-refractivity contribution is 5.95. The lowest BCUT2D eigenvalue weighted by Crippen LogP contribution is -2.46. The average molecular weight is 276 g/mol. The van der Waals surface area contributed by atoms with Gasteiger partial charge in [0.05, 0.1) is 17.0 Å². The second kappa shape index (κ2) is 6.79. The second-order valence-electron chi connectivity index (χ2n) is 5.27. The van der Waals surface area contributed by atoms with Crippen molar-refractivity contribution < 1.29 is 4.79 Å². The summed E-state index contributed by atoms with van der Waals surface area (Å²) in [6.45, 7) is 8.66. The molecule has 0 aromatic carbocycles. The molecular formula is C15H24N4O. The third-order valence-electron chi connectivity index (χ3n) is 3.91. The van der Waals surface area contributed by atoms with Crippen molar-refractivity contribution >= 4 is 5.91 Å². The van der Waals surface area contributed by atoms with Crippen molar-refractivity contribution in [3.63, 3.8) is 0 Å². The van der Waals surface area contributed by atoms with Crippen LogP contribution in [0, 0.1) is 6.92 Å². The maximum atomic E-state index is 12.8. The molecule has 110 valence electrons. The van der Waals surface area contributed by atoms with Crippen molar-refractivity contribution in [2.45, 2.75) is 46.1 Å². The van der Waals surface area contributed by atoms with Crippen LogP contribution in [-0.4, -0.2) is 46.7 Å². The van der Waals surface area contributed by atoms with E-state index in [1.165, 1.54) is 0 Å². The van der Waals surface area contributed by atoms with Crippen LogP contribution < -0.4 is 5.32 Å². The number of carbonyl (C=O) groups is 1. The Bertz CT molecular complexity index is 469. The number of piperidine rings is 1. The Morgan fingerprint density at radius 3 is 2.65 bits per heavy atom. The van der Waals surface area contributed by atoms with Crippen LogP contribution in [0.5, 0.6) is 0 Å². The van der Waals surface area contributed by atoms with Gasteiger partial charge in [0.2, 0.25) is 0 Å². The van der Waals surface area contributed by atoms with Gasteiger partial charge in [-0.15, -0.1) is 0 Å². The summed E-state index contributed by atoms with van der Waals surface area (Å²) < 4.78 is 0. The Labute approximate surface area is 120 Å². The van der Waals surface area contributed by atoms with Crippen LogP contribution in [0.2, 0.25) is 0 Å². The Morgan fingerprint density at radius 1 is 1.35 bits per heavy atom. The highest BCUT2D eigenvalue weighted by atomic mass is 16.2. The molecule has 2 heterocycles. The van der Waals surface area contributed by atoms with E-state index in [1.807, 2.05) is 31.7 Å². The third-order valence-corrected chi connectivity index (χ3v) is 3.91. The van der Waals surface area contributed by atoms with Gasteiger partial charge in [-0.1, -0.05) is 6.92 Å². The topological polar surface area (TPSA) is 58.1 Å². The first-order valence-electron chi connectivity index (χ1n) is 7.52. The van der Waals surface area contributed by atoms with Crippen LogP contribution in [0.15, 0.2) is 6.07 Å². The molecule has 1 N–H and O–H groups in total. The van der Waals surface area contributed by atoms with Gasteiger partial charge >= 0.3 is 0 Å². The fourth-order valence-electron chi connectivity index (χ4n) is 2.80. The molecule has 0 bridgehead atoms. The Kier molecular flexibility index (Phi) is 5.06. The van der Waals surface area contributed by atoms with Crippen molar-refractivity contribution in [1.29, 1.82) is 0 Å². The lowest BCUT2D eigenvalue weighted by atomic mass is 10.0. The van der Waals surface area contributed by atoms with Crippen LogP contribution in [0.4, 0.5) is 0 Å². The number of carbonyl (C=O) groups excluding carboxylic acids is 1. The first kappa shape index (κ1) is 14.9. The fourth-order valence-corrected chi connectivity index (χ4v) is 2.80. The van der Waals surface area contributed by atoms with Crippen LogP contribution in [-0.2, 0) is 6.42 Å². The Balaban J connectivity index is 2.25. The van der Waals surface area contributed by atoms with Crippen LogP contribution in [0.1, 0.15) is 48.4 Å². The lowest BCUT2D eigenvalue weighted by molar-refractivity contribution is 0.0654. The van der Waals surface area contributed by atoms with Gasteiger partial charge in [-0.25, -0.2) is 0 Å². The number of amides is 1. The minimum Gasteiger partial charge on any atom is -0.336 e. The maximum absolute atomic E-state index is 12.8. The van der Waals surface area contributed by atoms with Crippen molar-refractivity contribution in [2.24, 2.45) is 0 Å². The molecule has 2 rings (SSSR count). The summed E-state index contributed by atoms with van der Waals surface area (Å²) in [5, 5.41) is 11.6. The summed E-state index contributed by atoms with van der Waals surface area (Å²) >= 11 is 0. The molecule has 1 aromatic heterocycles. The van der Waals surface area contributed by atoms with E-state index in [9.17, 15) is 4.79 Å². The fraction of sp³-hybridized carbons (Fsp3) is 0.667. The van der Waals surface area contributed by atoms with E-state index in [2.05, 4.69) is 15.5 Å². The number of nitrogens with zero attached hydrogens (tertiary/aromatic N) is 3. The van der Waals surface area contributed by atoms with Gasteiger partial charge in [0, 0.05) is 12.6 Å². The van der Waals surface area contributed by atoms with E-state index in [0.29, 0.717) is 6.04 Å². The normalized spacial score (nSPS) is 16.1. The minimum atomic E-state index is 0.106. The van der Waals surface area contributed by atoms with Crippen LogP contribution >= 0.6 is 0 Å². The lowest BCUT2D eigenvalue weighted by Gasteiger charge is -2.34. The van der Waals surface area contributed by atoms with Crippen molar-refractivity contribution in [1.82, 2.24) is 20.4 Å². The highest BCUT2D eigenvalue weighted by Crippen LogP contribution is 2.17. The van der Waals surface area contributed by atoms with Gasteiger partial charge in [-0.3, -0.25) is 4.79 Å². The van der Waals surface area contributed by atoms with E-state index in [0.717, 1.165) is 55.8 Å². The van der Waals surface area contributed by atoms with Crippen molar-refractivity contribution in [3.8, 4) is 0 Å². The summed E-state index contributed by atoms with van der Waals surface area (Å²) in [6.07, 6.45) is 2.79. The molecular weight excluding hydrogens is 252 g/mol. The van der Waals surface area contributed by atoms with Gasteiger partial charge in [-0.05, 0) is 52.3 Å². The molecule has 0 aliphatic carbocycles. The number of hydrogen-bond acceptors (Lipinski definition) is 4. The number of aryl methyl sites for hydroxylation is 2. The maximum Gasteiger partial charge on any atom is 0.256 e. The minimum absolute atomic E-state index is 0.106. The number of aromatic nitrogens is 2. The molecule has 20 heavy (non-hydrogen) atoms. The van der Waals surface area contributed by atoms with E-state index < -0.39 is 0 Å². The van der Waals surface area contributed by atoms with Crippen LogP contribution in [0.3, 0.4) is 0 Å². The molecule has 1 aliphatic heterocycles. The Hall–Kier alpha value is -1.49. The second-order valence-corrected chi connectivity index (χ2v) is 5.27. The van der Waals surface area contributed by atoms with Crippen LogP contribution in [0.25, 0.3) is 0 Å². The molecule has 0 saturated carbocycles. The zero-order valence-corrected chi connectivity index (χ0v) is 12.6. The van der Waals surface area contributed by atoms with E-state index in [-0.39, 0.29) is 5.91 Å². The first-order chi connectivity index (χ1) is 9.67. The SMILES string of the molecule is CCc1nnc(C)cc1C(=O)N(CC)C1CCNCC1. The molecule has 1 aliphatic rings. The molecule has 5 nitrogen and oxygen atoms in total.